The Bertz CT molecular complexity index is 797. The van der Waals surface area contributed by atoms with Crippen LogP contribution < -0.4 is 5.32 Å². The Labute approximate surface area is 214 Å². The summed E-state index contributed by atoms with van der Waals surface area (Å²) in [7, 11) is 1.83. The van der Waals surface area contributed by atoms with Crippen LogP contribution in [0.3, 0.4) is 0 Å². The predicted molar refractivity (Wildman–Crippen MR) is 151 cm³/mol. The topological polar surface area (TPSA) is 42.7 Å². The van der Waals surface area contributed by atoms with Crippen molar-refractivity contribution in [2.45, 2.75) is 104 Å². The molecule has 0 aliphatic heterocycles. The van der Waals surface area contributed by atoms with Crippen molar-refractivity contribution in [2.24, 2.45) is 7.05 Å². The second-order valence-electron chi connectivity index (χ2n) is 9.62. The summed E-state index contributed by atoms with van der Waals surface area (Å²) in [5.74, 6) is 0. The molecule has 1 heterocycles. The van der Waals surface area contributed by atoms with Gasteiger partial charge in [0.15, 0.2) is 0 Å². The first-order valence-electron chi connectivity index (χ1n) is 13.9. The van der Waals surface area contributed by atoms with Gasteiger partial charge in [0.05, 0.1) is 0 Å². The molecular formula is C31H48N4. The lowest BCUT2D eigenvalue weighted by molar-refractivity contribution is 0.607. The largest absolute Gasteiger partial charge is 0.356 e. The van der Waals surface area contributed by atoms with E-state index in [1.807, 2.05) is 7.05 Å². The van der Waals surface area contributed by atoms with Crippen molar-refractivity contribution >= 4 is 11.4 Å². The number of hydrogen-bond donors (Lipinski definition) is 1. The fourth-order valence-electron chi connectivity index (χ4n) is 4.16. The standard InChI is InChI=1S/C28H43N.C3H5N3/c1-3-5-7-9-11-13-15-25-17-21-27(22-18-25)29-28-23-19-26(20-24-28)16-14-12-10-8-6-4-2;1-6-3-4-2-5-6/h17-24,29H,3-16H2,1-2H3;2-3H,1H3. The molecule has 35 heavy (non-hydrogen) atoms. The van der Waals surface area contributed by atoms with Gasteiger partial charge in [-0.2, -0.15) is 5.10 Å². The molecule has 4 heteroatoms. The number of anilines is 2. The third-order valence-electron chi connectivity index (χ3n) is 6.37. The maximum Gasteiger partial charge on any atom is 0.137 e. The summed E-state index contributed by atoms with van der Waals surface area (Å²) in [4.78, 5) is 3.67. The number of rotatable bonds is 16. The summed E-state index contributed by atoms with van der Waals surface area (Å²) in [5, 5.41) is 7.26. The van der Waals surface area contributed by atoms with Crippen LogP contribution in [0.4, 0.5) is 11.4 Å². The van der Waals surface area contributed by atoms with Gasteiger partial charge in [-0.15, -0.1) is 0 Å². The number of aryl methyl sites for hydroxylation is 3. The normalized spacial score (nSPS) is 10.6. The van der Waals surface area contributed by atoms with Crippen molar-refractivity contribution in [1.29, 1.82) is 0 Å². The average molecular weight is 477 g/mol. The van der Waals surface area contributed by atoms with Crippen LogP contribution >= 0.6 is 0 Å². The summed E-state index contributed by atoms with van der Waals surface area (Å²) < 4.78 is 1.64. The number of nitrogens with one attached hydrogen (secondary N) is 1. The van der Waals surface area contributed by atoms with Crippen LogP contribution in [0, 0.1) is 0 Å². The smallest absolute Gasteiger partial charge is 0.137 e. The van der Waals surface area contributed by atoms with Crippen molar-refractivity contribution in [2.75, 3.05) is 5.32 Å². The van der Waals surface area contributed by atoms with Crippen molar-refractivity contribution < 1.29 is 0 Å². The van der Waals surface area contributed by atoms with Gasteiger partial charge in [-0.1, -0.05) is 102 Å². The zero-order chi connectivity index (χ0) is 25.0. The highest BCUT2D eigenvalue weighted by atomic mass is 15.3. The van der Waals surface area contributed by atoms with E-state index in [-0.39, 0.29) is 0 Å². The highest BCUT2D eigenvalue weighted by Crippen LogP contribution is 2.20. The molecule has 0 unspecified atom stereocenters. The second-order valence-corrected chi connectivity index (χ2v) is 9.62. The van der Waals surface area contributed by atoms with E-state index in [2.05, 4.69) is 77.8 Å². The minimum Gasteiger partial charge on any atom is -0.356 e. The maximum atomic E-state index is 3.72. The van der Waals surface area contributed by atoms with Gasteiger partial charge in [0.25, 0.3) is 0 Å². The van der Waals surface area contributed by atoms with Crippen LogP contribution in [0.15, 0.2) is 61.2 Å². The first kappa shape index (κ1) is 28.6. The lowest BCUT2D eigenvalue weighted by Crippen LogP contribution is -1.93. The van der Waals surface area contributed by atoms with Gasteiger partial charge >= 0.3 is 0 Å². The third kappa shape index (κ3) is 13.8. The summed E-state index contributed by atoms with van der Waals surface area (Å²) in [6.45, 7) is 4.56. The van der Waals surface area contributed by atoms with Crippen LogP contribution in [0.1, 0.15) is 102 Å². The van der Waals surface area contributed by atoms with E-state index in [9.17, 15) is 0 Å². The second kappa shape index (κ2) is 18.7. The van der Waals surface area contributed by atoms with E-state index in [1.54, 1.807) is 11.0 Å². The Morgan fingerprint density at radius 2 is 1.03 bits per heavy atom. The fraction of sp³-hybridized carbons (Fsp3) is 0.548. The Morgan fingerprint density at radius 1 is 0.600 bits per heavy atom. The Kier molecular flexibility index (Phi) is 15.3. The molecule has 0 aliphatic rings. The Hall–Kier alpha value is -2.62. The maximum absolute atomic E-state index is 3.72. The van der Waals surface area contributed by atoms with Crippen LogP contribution in [0.2, 0.25) is 0 Å². The van der Waals surface area contributed by atoms with E-state index < -0.39 is 0 Å². The minimum absolute atomic E-state index is 1.18. The number of nitrogens with zero attached hydrogens (tertiary/aromatic N) is 3. The zero-order valence-corrected chi connectivity index (χ0v) is 22.5. The molecule has 1 N–H and O–H groups in total. The van der Waals surface area contributed by atoms with Crippen LogP contribution in [-0.2, 0) is 19.9 Å². The Balaban J connectivity index is 0.000000625. The van der Waals surface area contributed by atoms with E-state index in [0.717, 1.165) is 0 Å². The molecule has 0 bridgehead atoms. The summed E-state index contributed by atoms with van der Waals surface area (Å²) in [6, 6.07) is 18.0. The number of unbranched alkanes of at least 4 members (excludes halogenated alkanes) is 10. The van der Waals surface area contributed by atoms with Crippen molar-refractivity contribution in [3.63, 3.8) is 0 Å². The minimum atomic E-state index is 1.18. The molecule has 4 nitrogen and oxygen atoms in total. The number of hydrogen-bond acceptors (Lipinski definition) is 3. The quantitative estimate of drug-likeness (QED) is 0.210. The summed E-state index contributed by atoms with van der Waals surface area (Å²) >= 11 is 0. The number of aromatic nitrogens is 3. The molecule has 0 amide bonds. The third-order valence-corrected chi connectivity index (χ3v) is 6.37. The van der Waals surface area contributed by atoms with Crippen molar-refractivity contribution in [3.05, 3.63) is 72.3 Å². The lowest BCUT2D eigenvalue weighted by atomic mass is 10.0. The first-order valence-corrected chi connectivity index (χ1v) is 13.9. The predicted octanol–water partition coefficient (Wildman–Crippen LogP) is 9.05. The highest BCUT2D eigenvalue weighted by molar-refractivity contribution is 5.60. The van der Waals surface area contributed by atoms with Crippen molar-refractivity contribution in [1.82, 2.24) is 14.8 Å². The van der Waals surface area contributed by atoms with Crippen molar-refractivity contribution in [3.8, 4) is 0 Å². The molecular weight excluding hydrogens is 428 g/mol. The monoisotopic (exact) mass is 476 g/mol. The average Bonchev–Trinajstić information content (AvgIpc) is 3.37. The number of benzene rings is 2. The fourth-order valence-corrected chi connectivity index (χ4v) is 4.16. The molecule has 0 aliphatic carbocycles. The molecule has 0 saturated heterocycles. The van der Waals surface area contributed by atoms with E-state index in [1.165, 1.54) is 119 Å². The molecule has 192 valence electrons. The van der Waals surface area contributed by atoms with Gasteiger partial charge in [0.1, 0.15) is 12.7 Å². The van der Waals surface area contributed by atoms with Gasteiger partial charge in [-0.25, -0.2) is 4.98 Å². The molecule has 2 aromatic carbocycles. The van der Waals surface area contributed by atoms with Gasteiger partial charge in [0.2, 0.25) is 0 Å². The highest BCUT2D eigenvalue weighted by Gasteiger charge is 1.99. The molecule has 0 atom stereocenters. The molecule has 3 aromatic rings. The zero-order valence-electron chi connectivity index (χ0n) is 22.5. The molecule has 1 aromatic heterocycles. The molecule has 0 spiro atoms. The lowest BCUT2D eigenvalue weighted by Gasteiger charge is -2.09. The van der Waals surface area contributed by atoms with Crippen LogP contribution in [-0.4, -0.2) is 14.8 Å². The SMILES string of the molecule is CCCCCCCCc1ccc(Nc2ccc(CCCCCCCC)cc2)cc1.Cn1cncn1. The van der Waals surface area contributed by atoms with Crippen LogP contribution in [0.5, 0.6) is 0 Å². The van der Waals surface area contributed by atoms with Gasteiger partial charge in [0, 0.05) is 18.4 Å². The molecule has 0 fully saturated rings. The van der Waals surface area contributed by atoms with E-state index in [0.29, 0.717) is 0 Å². The Morgan fingerprint density at radius 3 is 1.37 bits per heavy atom. The first-order chi connectivity index (χ1) is 17.2. The summed E-state index contributed by atoms with van der Waals surface area (Å²) in [5.41, 5.74) is 5.28. The summed E-state index contributed by atoms with van der Waals surface area (Å²) in [6.07, 6.45) is 21.9. The van der Waals surface area contributed by atoms with Crippen LogP contribution in [0.25, 0.3) is 0 Å². The van der Waals surface area contributed by atoms with E-state index >= 15 is 0 Å². The van der Waals surface area contributed by atoms with Gasteiger partial charge in [-0.05, 0) is 61.1 Å². The van der Waals surface area contributed by atoms with E-state index in [4.69, 9.17) is 0 Å². The van der Waals surface area contributed by atoms with Gasteiger partial charge < -0.3 is 5.32 Å². The van der Waals surface area contributed by atoms with Gasteiger partial charge in [-0.3, -0.25) is 4.68 Å². The molecule has 0 radical (unpaired) electrons. The molecule has 0 saturated carbocycles. The molecule has 3 rings (SSSR count).